The molecule has 2 rings (SSSR count). The Bertz CT molecular complexity index is 741. The number of alkyl halides is 1. The Kier molecular flexibility index (Phi) is 4.16. The van der Waals surface area contributed by atoms with Crippen molar-refractivity contribution in [2.24, 2.45) is 0 Å². The lowest BCUT2D eigenvalue weighted by molar-refractivity contribution is 0.601. The van der Waals surface area contributed by atoms with Crippen LogP contribution in [-0.4, -0.2) is 14.7 Å². The fourth-order valence-corrected chi connectivity index (χ4v) is 2.87. The zero-order chi connectivity index (χ0) is 14.9. The number of aryl methyl sites for hydroxylation is 1. The third-order valence-corrected chi connectivity index (χ3v) is 4.67. The van der Waals surface area contributed by atoms with Crippen LogP contribution in [0, 0.1) is 12.7 Å². The van der Waals surface area contributed by atoms with Gasteiger partial charge in [0, 0.05) is 6.26 Å². The molecule has 0 aromatic heterocycles. The Morgan fingerprint density at radius 3 is 2.35 bits per heavy atom. The molecule has 106 valence electrons. The molecule has 0 radical (unpaired) electrons. The van der Waals surface area contributed by atoms with Crippen LogP contribution in [0.5, 0.6) is 0 Å². The standard InChI is InChI=1S/C15H14ClFO2S/c1-10-8-12(6-7-14(10)17)15(16)11-4-3-5-13(9-11)20(2,18)19/h3-9,15H,1-2H3. The van der Waals surface area contributed by atoms with Gasteiger partial charge in [0.25, 0.3) is 0 Å². The van der Waals surface area contributed by atoms with Crippen molar-refractivity contribution < 1.29 is 12.8 Å². The van der Waals surface area contributed by atoms with Gasteiger partial charge >= 0.3 is 0 Å². The Morgan fingerprint density at radius 1 is 1.10 bits per heavy atom. The molecule has 0 N–H and O–H groups in total. The molecule has 1 unspecified atom stereocenters. The second-order valence-electron chi connectivity index (χ2n) is 4.72. The molecular weight excluding hydrogens is 299 g/mol. The molecule has 0 amide bonds. The Labute approximate surface area is 123 Å². The molecule has 5 heteroatoms. The minimum atomic E-state index is -3.27. The van der Waals surface area contributed by atoms with Crippen LogP contribution >= 0.6 is 11.6 Å². The van der Waals surface area contributed by atoms with E-state index >= 15 is 0 Å². The van der Waals surface area contributed by atoms with Crippen LogP contribution in [0.15, 0.2) is 47.4 Å². The molecule has 0 aliphatic heterocycles. The quantitative estimate of drug-likeness (QED) is 0.806. The molecule has 20 heavy (non-hydrogen) atoms. The summed E-state index contributed by atoms with van der Waals surface area (Å²) in [5, 5.41) is -0.518. The molecule has 0 heterocycles. The highest BCUT2D eigenvalue weighted by Gasteiger charge is 2.15. The van der Waals surface area contributed by atoms with Crippen LogP contribution in [-0.2, 0) is 9.84 Å². The van der Waals surface area contributed by atoms with Gasteiger partial charge in [-0.25, -0.2) is 12.8 Å². The number of hydrogen-bond acceptors (Lipinski definition) is 2. The molecule has 0 saturated heterocycles. The fourth-order valence-electron chi connectivity index (χ4n) is 1.92. The van der Waals surface area contributed by atoms with E-state index in [1.165, 1.54) is 12.1 Å². The summed E-state index contributed by atoms with van der Waals surface area (Å²) in [5.41, 5.74) is 1.91. The first-order chi connectivity index (χ1) is 9.29. The highest BCUT2D eigenvalue weighted by atomic mass is 35.5. The van der Waals surface area contributed by atoms with Crippen molar-refractivity contribution in [1.29, 1.82) is 0 Å². The predicted octanol–water partition coefficient (Wildman–Crippen LogP) is 3.87. The molecule has 2 nitrogen and oxygen atoms in total. The summed E-state index contributed by atoms with van der Waals surface area (Å²) < 4.78 is 36.4. The second-order valence-corrected chi connectivity index (χ2v) is 7.17. The van der Waals surface area contributed by atoms with Gasteiger partial charge in [0.05, 0.1) is 10.3 Å². The number of benzene rings is 2. The van der Waals surface area contributed by atoms with Crippen molar-refractivity contribution in [3.8, 4) is 0 Å². The first-order valence-electron chi connectivity index (χ1n) is 5.99. The van der Waals surface area contributed by atoms with Crippen molar-refractivity contribution in [3.63, 3.8) is 0 Å². The van der Waals surface area contributed by atoms with Crippen LogP contribution in [0.25, 0.3) is 0 Å². The molecule has 0 aliphatic rings. The van der Waals surface area contributed by atoms with Gasteiger partial charge in [-0.05, 0) is 41.8 Å². The monoisotopic (exact) mass is 312 g/mol. The Hall–Kier alpha value is -1.39. The summed E-state index contributed by atoms with van der Waals surface area (Å²) >= 11 is 6.36. The van der Waals surface area contributed by atoms with E-state index in [0.717, 1.165) is 11.8 Å². The van der Waals surface area contributed by atoms with Crippen molar-refractivity contribution >= 4 is 21.4 Å². The van der Waals surface area contributed by atoms with E-state index in [1.54, 1.807) is 37.3 Å². The molecule has 0 bridgehead atoms. The minimum absolute atomic E-state index is 0.222. The average molecular weight is 313 g/mol. The van der Waals surface area contributed by atoms with E-state index in [9.17, 15) is 12.8 Å². The van der Waals surface area contributed by atoms with E-state index in [4.69, 9.17) is 11.6 Å². The molecule has 1 atom stereocenters. The Balaban J connectivity index is 2.43. The lowest BCUT2D eigenvalue weighted by Crippen LogP contribution is -2.00. The summed E-state index contributed by atoms with van der Waals surface area (Å²) in [4.78, 5) is 0.222. The van der Waals surface area contributed by atoms with Crippen LogP contribution in [0.2, 0.25) is 0 Å². The summed E-state index contributed by atoms with van der Waals surface area (Å²) in [6.45, 7) is 1.66. The van der Waals surface area contributed by atoms with E-state index < -0.39 is 15.2 Å². The normalized spacial score (nSPS) is 13.2. The van der Waals surface area contributed by atoms with E-state index in [0.29, 0.717) is 11.1 Å². The molecule has 0 aliphatic carbocycles. The topological polar surface area (TPSA) is 34.1 Å². The van der Waals surface area contributed by atoms with Gasteiger partial charge in [0.15, 0.2) is 9.84 Å². The first-order valence-corrected chi connectivity index (χ1v) is 8.32. The minimum Gasteiger partial charge on any atom is -0.224 e. The van der Waals surface area contributed by atoms with Gasteiger partial charge < -0.3 is 0 Å². The van der Waals surface area contributed by atoms with Crippen molar-refractivity contribution in [2.75, 3.05) is 6.26 Å². The van der Waals surface area contributed by atoms with Crippen LogP contribution in [0.1, 0.15) is 22.1 Å². The SMILES string of the molecule is Cc1cc(C(Cl)c2cccc(S(C)(=O)=O)c2)ccc1F. The largest absolute Gasteiger partial charge is 0.224 e. The van der Waals surface area contributed by atoms with E-state index in [2.05, 4.69) is 0 Å². The molecule has 0 fully saturated rings. The highest BCUT2D eigenvalue weighted by molar-refractivity contribution is 7.90. The number of hydrogen-bond donors (Lipinski definition) is 0. The number of sulfone groups is 1. The van der Waals surface area contributed by atoms with Gasteiger partial charge in [-0.3, -0.25) is 0 Å². The molecular formula is C15H14ClFO2S. The third kappa shape index (κ3) is 3.19. The molecule has 0 spiro atoms. The van der Waals surface area contributed by atoms with Gasteiger partial charge in [-0.15, -0.1) is 11.6 Å². The maximum atomic E-state index is 13.3. The summed E-state index contributed by atoms with van der Waals surface area (Å²) in [5.74, 6) is -0.289. The number of rotatable bonds is 3. The maximum Gasteiger partial charge on any atom is 0.175 e. The van der Waals surface area contributed by atoms with Crippen molar-refractivity contribution in [2.45, 2.75) is 17.2 Å². The third-order valence-electron chi connectivity index (χ3n) is 3.05. The zero-order valence-corrected chi connectivity index (χ0v) is 12.7. The van der Waals surface area contributed by atoms with Crippen LogP contribution < -0.4 is 0 Å². The van der Waals surface area contributed by atoms with E-state index in [1.807, 2.05) is 0 Å². The maximum absolute atomic E-state index is 13.3. The number of halogens is 2. The van der Waals surface area contributed by atoms with Gasteiger partial charge in [0.2, 0.25) is 0 Å². The second kappa shape index (κ2) is 5.54. The predicted molar refractivity (Wildman–Crippen MR) is 78.4 cm³/mol. The van der Waals surface area contributed by atoms with Crippen LogP contribution in [0.3, 0.4) is 0 Å². The first kappa shape index (κ1) is 15.0. The summed E-state index contributed by atoms with van der Waals surface area (Å²) in [6, 6.07) is 11.1. The van der Waals surface area contributed by atoms with Gasteiger partial charge in [0.1, 0.15) is 5.82 Å². The zero-order valence-electron chi connectivity index (χ0n) is 11.1. The van der Waals surface area contributed by atoms with Gasteiger partial charge in [-0.1, -0.05) is 24.3 Å². The van der Waals surface area contributed by atoms with E-state index in [-0.39, 0.29) is 10.7 Å². The smallest absolute Gasteiger partial charge is 0.175 e. The van der Waals surface area contributed by atoms with Crippen molar-refractivity contribution in [1.82, 2.24) is 0 Å². The average Bonchev–Trinajstić information content (AvgIpc) is 2.40. The summed E-state index contributed by atoms with van der Waals surface area (Å²) in [7, 11) is -3.27. The fraction of sp³-hybridized carbons (Fsp3) is 0.200. The summed E-state index contributed by atoms with van der Waals surface area (Å²) in [6.07, 6.45) is 1.15. The lowest BCUT2D eigenvalue weighted by atomic mass is 10.0. The lowest BCUT2D eigenvalue weighted by Gasteiger charge is -2.12. The van der Waals surface area contributed by atoms with Crippen LogP contribution in [0.4, 0.5) is 4.39 Å². The molecule has 0 saturated carbocycles. The molecule has 2 aromatic carbocycles. The molecule has 2 aromatic rings. The van der Waals surface area contributed by atoms with Gasteiger partial charge in [-0.2, -0.15) is 0 Å². The van der Waals surface area contributed by atoms with Crippen molar-refractivity contribution in [3.05, 3.63) is 65.0 Å². The highest BCUT2D eigenvalue weighted by Crippen LogP contribution is 2.30. The Morgan fingerprint density at radius 2 is 1.75 bits per heavy atom.